The molecule has 0 amide bonds. The summed E-state index contributed by atoms with van der Waals surface area (Å²) in [6.45, 7) is 2.86. The maximum absolute atomic E-state index is 13.9. The molecular weight excluding hydrogens is 308 g/mol. The zero-order chi connectivity index (χ0) is 15.2. The average Bonchev–Trinajstić information content (AvgIpc) is 2.45. The van der Waals surface area contributed by atoms with E-state index in [4.69, 9.17) is 23.2 Å². The summed E-state index contributed by atoms with van der Waals surface area (Å²) in [5.74, 6) is -0.249. The number of rotatable bonds is 6. The van der Waals surface area contributed by atoms with Crippen LogP contribution in [-0.4, -0.2) is 12.6 Å². The minimum absolute atomic E-state index is 0.130. The fourth-order valence-electron chi connectivity index (χ4n) is 2.38. The summed E-state index contributed by atoms with van der Waals surface area (Å²) in [6.07, 6.45) is 1.36. The second-order valence-electron chi connectivity index (χ2n) is 4.99. The Kier molecular flexibility index (Phi) is 6.04. The Morgan fingerprint density at radius 2 is 1.76 bits per heavy atom. The molecule has 0 aromatic heterocycles. The maximum Gasteiger partial charge on any atom is 0.127 e. The lowest BCUT2D eigenvalue weighted by atomic mass is 9.98. The van der Waals surface area contributed by atoms with Crippen LogP contribution in [0.3, 0.4) is 0 Å². The summed E-state index contributed by atoms with van der Waals surface area (Å²) in [6, 6.07) is 12.7. The zero-order valence-electron chi connectivity index (χ0n) is 11.9. The van der Waals surface area contributed by atoms with Gasteiger partial charge in [-0.15, -0.1) is 0 Å². The first kappa shape index (κ1) is 16.3. The van der Waals surface area contributed by atoms with Gasteiger partial charge in [0, 0.05) is 21.7 Å². The lowest BCUT2D eigenvalue weighted by Crippen LogP contribution is -2.33. The topological polar surface area (TPSA) is 12.0 Å². The number of hydrogen-bond donors (Lipinski definition) is 1. The van der Waals surface area contributed by atoms with E-state index in [1.165, 1.54) is 6.07 Å². The van der Waals surface area contributed by atoms with Gasteiger partial charge in [0.2, 0.25) is 0 Å². The summed E-state index contributed by atoms with van der Waals surface area (Å²) >= 11 is 12.0. The third-order valence-corrected chi connectivity index (χ3v) is 4.01. The summed E-state index contributed by atoms with van der Waals surface area (Å²) < 4.78 is 13.9. The predicted octanol–water partition coefficient (Wildman–Crippen LogP) is 4.90. The van der Waals surface area contributed by atoms with Gasteiger partial charge in [-0.1, -0.05) is 48.3 Å². The molecule has 1 nitrogen and oxygen atoms in total. The van der Waals surface area contributed by atoms with Crippen LogP contribution < -0.4 is 5.32 Å². The molecule has 1 N–H and O–H groups in total. The smallest absolute Gasteiger partial charge is 0.127 e. The van der Waals surface area contributed by atoms with Crippen molar-refractivity contribution in [2.24, 2.45) is 0 Å². The standard InChI is InChI=1S/C17H18Cl2FN/c1-2-21-14(10-12-6-8-13(18)9-7-12)11-15-16(19)4-3-5-17(15)20/h3-9,14,21H,2,10-11H2,1H3. The number of benzene rings is 2. The van der Waals surface area contributed by atoms with E-state index < -0.39 is 0 Å². The van der Waals surface area contributed by atoms with Crippen molar-refractivity contribution < 1.29 is 4.39 Å². The van der Waals surface area contributed by atoms with Gasteiger partial charge in [-0.3, -0.25) is 0 Å². The zero-order valence-corrected chi connectivity index (χ0v) is 13.4. The monoisotopic (exact) mass is 325 g/mol. The van der Waals surface area contributed by atoms with Crippen molar-refractivity contribution in [3.8, 4) is 0 Å². The number of likely N-dealkylation sites (N-methyl/N-ethyl adjacent to an activating group) is 1. The van der Waals surface area contributed by atoms with Gasteiger partial charge in [0.05, 0.1) is 0 Å². The second-order valence-corrected chi connectivity index (χ2v) is 5.83. The molecule has 0 bridgehead atoms. The molecule has 0 saturated heterocycles. The summed E-state index contributed by atoms with van der Waals surface area (Å²) in [5.41, 5.74) is 1.73. The van der Waals surface area contributed by atoms with Crippen LogP contribution in [0.5, 0.6) is 0 Å². The van der Waals surface area contributed by atoms with Crippen LogP contribution in [0.25, 0.3) is 0 Å². The average molecular weight is 326 g/mol. The van der Waals surface area contributed by atoms with E-state index in [1.807, 2.05) is 31.2 Å². The van der Waals surface area contributed by atoms with E-state index in [9.17, 15) is 4.39 Å². The molecule has 0 aliphatic carbocycles. The Balaban J connectivity index is 2.13. The van der Waals surface area contributed by atoms with E-state index in [0.717, 1.165) is 23.6 Å². The van der Waals surface area contributed by atoms with Crippen molar-refractivity contribution in [2.45, 2.75) is 25.8 Å². The highest BCUT2D eigenvalue weighted by Gasteiger charge is 2.15. The van der Waals surface area contributed by atoms with Crippen LogP contribution >= 0.6 is 23.2 Å². The molecule has 0 radical (unpaired) electrons. The molecular formula is C17H18Cl2FN. The highest BCUT2D eigenvalue weighted by atomic mass is 35.5. The Labute approximate surface area is 135 Å². The fraction of sp³-hybridized carbons (Fsp3) is 0.294. The van der Waals surface area contributed by atoms with Crippen LogP contribution in [0.2, 0.25) is 10.0 Å². The first-order chi connectivity index (χ1) is 10.1. The van der Waals surface area contributed by atoms with Gasteiger partial charge >= 0.3 is 0 Å². The van der Waals surface area contributed by atoms with Gasteiger partial charge in [-0.25, -0.2) is 4.39 Å². The second kappa shape index (κ2) is 7.79. The molecule has 2 aromatic rings. The first-order valence-corrected chi connectivity index (χ1v) is 7.76. The molecule has 112 valence electrons. The molecule has 1 atom stereocenters. The molecule has 0 heterocycles. The minimum atomic E-state index is -0.249. The highest BCUT2D eigenvalue weighted by molar-refractivity contribution is 6.31. The lowest BCUT2D eigenvalue weighted by molar-refractivity contribution is 0.506. The molecule has 0 saturated carbocycles. The summed E-state index contributed by atoms with van der Waals surface area (Å²) in [4.78, 5) is 0. The number of hydrogen-bond acceptors (Lipinski definition) is 1. The van der Waals surface area contributed by atoms with Crippen LogP contribution in [0.4, 0.5) is 4.39 Å². The maximum atomic E-state index is 13.9. The van der Waals surface area contributed by atoms with E-state index in [-0.39, 0.29) is 11.9 Å². The molecule has 0 spiro atoms. The van der Waals surface area contributed by atoms with Crippen molar-refractivity contribution in [2.75, 3.05) is 6.54 Å². The van der Waals surface area contributed by atoms with Crippen LogP contribution in [0, 0.1) is 5.82 Å². The van der Waals surface area contributed by atoms with E-state index >= 15 is 0 Å². The highest BCUT2D eigenvalue weighted by Crippen LogP contribution is 2.22. The number of halogens is 3. The molecule has 0 aliphatic rings. The minimum Gasteiger partial charge on any atom is -0.314 e. The quantitative estimate of drug-likeness (QED) is 0.796. The first-order valence-electron chi connectivity index (χ1n) is 7.01. The van der Waals surface area contributed by atoms with E-state index in [0.29, 0.717) is 17.0 Å². The lowest BCUT2D eigenvalue weighted by Gasteiger charge is -2.19. The molecule has 2 aromatic carbocycles. The van der Waals surface area contributed by atoms with Gasteiger partial charge in [0.1, 0.15) is 5.82 Å². The third kappa shape index (κ3) is 4.70. The largest absolute Gasteiger partial charge is 0.314 e. The molecule has 2 rings (SSSR count). The Morgan fingerprint density at radius 3 is 2.38 bits per heavy atom. The van der Waals surface area contributed by atoms with Gasteiger partial charge < -0.3 is 5.32 Å². The van der Waals surface area contributed by atoms with Crippen molar-refractivity contribution in [1.82, 2.24) is 5.32 Å². The molecule has 0 aliphatic heterocycles. The van der Waals surface area contributed by atoms with Gasteiger partial charge in [-0.05, 0) is 49.2 Å². The van der Waals surface area contributed by atoms with Crippen LogP contribution in [0.15, 0.2) is 42.5 Å². The van der Waals surface area contributed by atoms with Crippen molar-refractivity contribution in [3.63, 3.8) is 0 Å². The summed E-state index contributed by atoms with van der Waals surface area (Å²) in [7, 11) is 0. The van der Waals surface area contributed by atoms with Gasteiger partial charge in [0.25, 0.3) is 0 Å². The van der Waals surface area contributed by atoms with Gasteiger partial charge in [0.15, 0.2) is 0 Å². The molecule has 0 fully saturated rings. The van der Waals surface area contributed by atoms with E-state index in [2.05, 4.69) is 5.32 Å². The predicted molar refractivity (Wildman–Crippen MR) is 87.7 cm³/mol. The fourth-order valence-corrected chi connectivity index (χ4v) is 2.75. The Hall–Kier alpha value is -1.09. The van der Waals surface area contributed by atoms with Crippen molar-refractivity contribution in [3.05, 3.63) is 69.5 Å². The molecule has 1 unspecified atom stereocenters. The van der Waals surface area contributed by atoms with Crippen LogP contribution in [0.1, 0.15) is 18.1 Å². The van der Waals surface area contributed by atoms with Crippen LogP contribution in [-0.2, 0) is 12.8 Å². The normalized spacial score (nSPS) is 12.4. The summed E-state index contributed by atoms with van der Waals surface area (Å²) in [5, 5.41) is 4.59. The SMILES string of the molecule is CCNC(Cc1ccc(Cl)cc1)Cc1c(F)cccc1Cl. The third-order valence-electron chi connectivity index (χ3n) is 3.40. The number of nitrogens with one attached hydrogen (secondary N) is 1. The Morgan fingerprint density at radius 1 is 1.05 bits per heavy atom. The van der Waals surface area contributed by atoms with Gasteiger partial charge in [-0.2, -0.15) is 0 Å². The molecule has 21 heavy (non-hydrogen) atoms. The van der Waals surface area contributed by atoms with E-state index in [1.54, 1.807) is 12.1 Å². The van der Waals surface area contributed by atoms with Crippen molar-refractivity contribution in [1.29, 1.82) is 0 Å². The van der Waals surface area contributed by atoms with Crippen molar-refractivity contribution >= 4 is 23.2 Å². The Bertz CT molecular complexity index is 564. The molecule has 4 heteroatoms.